The summed E-state index contributed by atoms with van der Waals surface area (Å²) in [7, 11) is 0. The van der Waals surface area contributed by atoms with Crippen molar-refractivity contribution in [1.82, 2.24) is 5.32 Å². The molecule has 0 bridgehead atoms. The van der Waals surface area contributed by atoms with E-state index in [0.717, 1.165) is 5.92 Å². The van der Waals surface area contributed by atoms with Gasteiger partial charge in [0.1, 0.15) is 0 Å². The van der Waals surface area contributed by atoms with Crippen LogP contribution in [0.3, 0.4) is 0 Å². The van der Waals surface area contributed by atoms with Gasteiger partial charge in [-0.1, -0.05) is 37.3 Å². The molecule has 1 saturated carbocycles. The summed E-state index contributed by atoms with van der Waals surface area (Å²) in [6.07, 6.45) is 3.79. The zero-order chi connectivity index (χ0) is 11.4. The van der Waals surface area contributed by atoms with Crippen LogP contribution >= 0.6 is 0 Å². The molecular weight excluding hydrogens is 198 g/mol. The largest absolute Gasteiger partial charge is 0.394 e. The van der Waals surface area contributed by atoms with Gasteiger partial charge in [0.25, 0.3) is 0 Å². The number of hydrogen-bond donors (Lipinski definition) is 2. The number of benzene rings is 1. The first-order chi connectivity index (χ1) is 7.79. The number of nitrogens with one attached hydrogen (secondary N) is 1. The van der Waals surface area contributed by atoms with Crippen molar-refractivity contribution in [3.05, 3.63) is 35.9 Å². The van der Waals surface area contributed by atoms with Crippen molar-refractivity contribution in [3.8, 4) is 0 Å². The lowest BCUT2D eigenvalue weighted by atomic mass is 10.1. The van der Waals surface area contributed by atoms with Crippen molar-refractivity contribution in [3.63, 3.8) is 0 Å². The van der Waals surface area contributed by atoms with E-state index in [9.17, 15) is 5.11 Å². The van der Waals surface area contributed by atoms with Gasteiger partial charge in [0, 0.05) is 6.04 Å². The monoisotopic (exact) mass is 219 g/mol. The molecule has 1 fully saturated rings. The van der Waals surface area contributed by atoms with Gasteiger partial charge in [0.2, 0.25) is 0 Å². The normalized spacial score (nSPS) is 26.9. The summed E-state index contributed by atoms with van der Waals surface area (Å²) in [6, 6.07) is 10.9. The van der Waals surface area contributed by atoms with E-state index in [-0.39, 0.29) is 12.6 Å². The Morgan fingerprint density at radius 3 is 2.62 bits per heavy atom. The molecule has 2 rings (SSSR count). The van der Waals surface area contributed by atoms with Crippen LogP contribution in [0.5, 0.6) is 0 Å². The number of aliphatic hydroxyl groups excluding tert-OH is 1. The van der Waals surface area contributed by atoms with E-state index in [1.165, 1.54) is 24.8 Å². The van der Waals surface area contributed by atoms with Gasteiger partial charge in [-0.3, -0.25) is 0 Å². The molecule has 1 aromatic rings. The SMILES string of the molecule is CC1CCC(N[C@@H](CO)c2ccccc2)C1. The average Bonchev–Trinajstić information content (AvgIpc) is 2.73. The Morgan fingerprint density at radius 2 is 2.06 bits per heavy atom. The standard InChI is InChI=1S/C14H21NO/c1-11-7-8-13(9-11)15-14(10-16)12-5-3-2-4-6-12/h2-6,11,13-16H,7-10H2,1H3/t11?,13?,14-/m0/s1. The molecule has 2 nitrogen and oxygen atoms in total. The van der Waals surface area contributed by atoms with Crippen molar-refractivity contribution in [2.75, 3.05) is 6.61 Å². The highest BCUT2D eigenvalue weighted by molar-refractivity contribution is 5.19. The predicted octanol–water partition coefficient (Wildman–Crippen LogP) is 2.50. The molecule has 0 saturated heterocycles. The lowest BCUT2D eigenvalue weighted by Gasteiger charge is -2.21. The molecule has 0 radical (unpaired) electrons. The highest BCUT2D eigenvalue weighted by atomic mass is 16.3. The van der Waals surface area contributed by atoms with Crippen LogP contribution in [0.1, 0.15) is 37.8 Å². The van der Waals surface area contributed by atoms with Crippen molar-refractivity contribution in [2.24, 2.45) is 5.92 Å². The van der Waals surface area contributed by atoms with Gasteiger partial charge in [-0.25, -0.2) is 0 Å². The Kier molecular flexibility index (Phi) is 3.97. The minimum atomic E-state index is 0.0940. The molecule has 2 N–H and O–H groups in total. The van der Waals surface area contributed by atoms with Crippen LogP contribution in [0, 0.1) is 5.92 Å². The molecule has 1 aliphatic rings. The maximum absolute atomic E-state index is 9.44. The van der Waals surface area contributed by atoms with Crippen LogP contribution in [0.4, 0.5) is 0 Å². The highest BCUT2D eigenvalue weighted by Gasteiger charge is 2.23. The first kappa shape index (κ1) is 11.6. The summed E-state index contributed by atoms with van der Waals surface area (Å²) >= 11 is 0. The Labute approximate surface area is 97.7 Å². The van der Waals surface area contributed by atoms with E-state index < -0.39 is 0 Å². The average molecular weight is 219 g/mol. The van der Waals surface area contributed by atoms with Gasteiger partial charge in [-0.05, 0) is 30.7 Å². The lowest BCUT2D eigenvalue weighted by Crippen LogP contribution is -2.32. The fraction of sp³-hybridized carbons (Fsp3) is 0.571. The molecule has 1 aliphatic carbocycles. The van der Waals surface area contributed by atoms with Gasteiger partial charge in [0.15, 0.2) is 0 Å². The fourth-order valence-electron chi connectivity index (χ4n) is 2.58. The first-order valence-electron chi connectivity index (χ1n) is 6.21. The maximum Gasteiger partial charge on any atom is 0.0626 e. The fourth-order valence-corrected chi connectivity index (χ4v) is 2.58. The minimum Gasteiger partial charge on any atom is -0.394 e. The van der Waals surface area contributed by atoms with E-state index in [4.69, 9.17) is 0 Å². The number of hydrogen-bond acceptors (Lipinski definition) is 2. The van der Waals surface area contributed by atoms with E-state index in [1.54, 1.807) is 0 Å². The van der Waals surface area contributed by atoms with E-state index in [0.29, 0.717) is 6.04 Å². The van der Waals surface area contributed by atoms with Gasteiger partial charge >= 0.3 is 0 Å². The van der Waals surface area contributed by atoms with Crippen LogP contribution in [-0.4, -0.2) is 17.8 Å². The van der Waals surface area contributed by atoms with Crippen LogP contribution in [0.25, 0.3) is 0 Å². The van der Waals surface area contributed by atoms with Crippen LogP contribution in [0.2, 0.25) is 0 Å². The lowest BCUT2D eigenvalue weighted by molar-refractivity contribution is 0.232. The van der Waals surface area contributed by atoms with Crippen LogP contribution in [-0.2, 0) is 0 Å². The molecular formula is C14H21NO. The predicted molar refractivity (Wildman–Crippen MR) is 66.2 cm³/mol. The quantitative estimate of drug-likeness (QED) is 0.815. The molecule has 0 aliphatic heterocycles. The molecule has 0 aromatic heterocycles. The van der Waals surface area contributed by atoms with Crippen LogP contribution in [0.15, 0.2) is 30.3 Å². The zero-order valence-corrected chi connectivity index (χ0v) is 9.89. The van der Waals surface area contributed by atoms with Crippen molar-refractivity contribution in [1.29, 1.82) is 0 Å². The van der Waals surface area contributed by atoms with Gasteiger partial charge in [0.05, 0.1) is 12.6 Å². The summed E-state index contributed by atoms with van der Waals surface area (Å²) in [5, 5.41) is 13.0. The molecule has 2 unspecified atom stereocenters. The first-order valence-corrected chi connectivity index (χ1v) is 6.21. The summed E-state index contributed by atoms with van der Waals surface area (Å²) in [6.45, 7) is 2.48. The Bertz CT molecular complexity index is 312. The highest BCUT2D eigenvalue weighted by Crippen LogP contribution is 2.26. The Morgan fingerprint density at radius 1 is 1.31 bits per heavy atom. The molecule has 0 spiro atoms. The van der Waals surface area contributed by atoms with E-state index in [1.807, 2.05) is 18.2 Å². The van der Waals surface area contributed by atoms with Crippen molar-refractivity contribution in [2.45, 2.75) is 38.3 Å². The second-order valence-corrected chi connectivity index (χ2v) is 4.93. The number of rotatable bonds is 4. The minimum absolute atomic E-state index is 0.0940. The third kappa shape index (κ3) is 2.83. The zero-order valence-electron chi connectivity index (χ0n) is 9.89. The molecule has 0 amide bonds. The van der Waals surface area contributed by atoms with E-state index >= 15 is 0 Å². The van der Waals surface area contributed by atoms with E-state index in [2.05, 4.69) is 24.4 Å². The van der Waals surface area contributed by atoms with Crippen LogP contribution < -0.4 is 5.32 Å². The van der Waals surface area contributed by atoms with Crippen molar-refractivity contribution < 1.29 is 5.11 Å². The Hall–Kier alpha value is -0.860. The van der Waals surface area contributed by atoms with Gasteiger partial charge < -0.3 is 10.4 Å². The molecule has 1 aromatic carbocycles. The summed E-state index contributed by atoms with van der Waals surface area (Å²) in [5.74, 6) is 0.826. The van der Waals surface area contributed by atoms with Gasteiger partial charge in [-0.2, -0.15) is 0 Å². The second-order valence-electron chi connectivity index (χ2n) is 4.93. The second kappa shape index (κ2) is 5.46. The molecule has 2 heteroatoms. The Balaban J connectivity index is 1.96. The molecule has 88 valence electrons. The summed E-state index contributed by atoms with van der Waals surface area (Å²) in [4.78, 5) is 0. The molecule has 16 heavy (non-hydrogen) atoms. The summed E-state index contributed by atoms with van der Waals surface area (Å²) in [5.41, 5.74) is 1.18. The number of aliphatic hydroxyl groups is 1. The van der Waals surface area contributed by atoms with Crippen molar-refractivity contribution >= 4 is 0 Å². The maximum atomic E-state index is 9.44. The topological polar surface area (TPSA) is 32.3 Å². The third-order valence-electron chi connectivity index (χ3n) is 3.52. The smallest absolute Gasteiger partial charge is 0.0626 e. The third-order valence-corrected chi connectivity index (χ3v) is 3.52. The summed E-state index contributed by atoms with van der Waals surface area (Å²) < 4.78 is 0. The van der Waals surface area contributed by atoms with Gasteiger partial charge in [-0.15, -0.1) is 0 Å². The molecule has 3 atom stereocenters. The molecule has 0 heterocycles.